The zero-order valence-electron chi connectivity index (χ0n) is 10.8. The maximum absolute atomic E-state index is 12.4. The Labute approximate surface area is 112 Å². The SMILES string of the molecule is CCN(CC1CCC1)S(=O)(=O)c1c[nH]c(C(=O)O)c1. The number of rotatable bonds is 6. The van der Waals surface area contributed by atoms with Crippen LogP contribution < -0.4 is 0 Å². The summed E-state index contributed by atoms with van der Waals surface area (Å²) >= 11 is 0. The lowest BCUT2D eigenvalue weighted by molar-refractivity contribution is 0.0691. The average molecular weight is 286 g/mol. The molecule has 0 bridgehead atoms. The standard InChI is InChI=1S/C12H18N2O4S/c1-2-14(8-9-4-3-5-9)19(17,18)10-6-11(12(15)16)13-7-10/h6-7,9,13H,2-5,8H2,1H3,(H,15,16). The lowest BCUT2D eigenvalue weighted by Crippen LogP contribution is -2.37. The minimum Gasteiger partial charge on any atom is -0.477 e. The topological polar surface area (TPSA) is 90.5 Å². The summed E-state index contributed by atoms with van der Waals surface area (Å²) in [5, 5.41) is 8.81. The van der Waals surface area contributed by atoms with Crippen LogP contribution in [0, 0.1) is 5.92 Å². The molecule has 1 aromatic rings. The van der Waals surface area contributed by atoms with Gasteiger partial charge in [-0.05, 0) is 24.8 Å². The first-order chi connectivity index (χ1) is 8.95. The van der Waals surface area contributed by atoms with Crippen molar-refractivity contribution < 1.29 is 18.3 Å². The molecule has 2 rings (SSSR count). The largest absolute Gasteiger partial charge is 0.477 e. The number of nitrogens with one attached hydrogen (secondary N) is 1. The zero-order chi connectivity index (χ0) is 14.0. The molecule has 0 radical (unpaired) electrons. The van der Waals surface area contributed by atoms with Crippen LogP contribution in [0.15, 0.2) is 17.2 Å². The molecule has 1 saturated carbocycles. The number of sulfonamides is 1. The molecular formula is C12H18N2O4S. The number of hydrogen-bond acceptors (Lipinski definition) is 3. The van der Waals surface area contributed by atoms with Gasteiger partial charge in [-0.25, -0.2) is 13.2 Å². The van der Waals surface area contributed by atoms with Crippen LogP contribution in [0.2, 0.25) is 0 Å². The minimum atomic E-state index is -3.60. The fourth-order valence-electron chi connectivity index (χ4n) is 2.16. The Morgan fingerprint density at radius 1 is 1.53 bits per heavy atom. The van der Waals surface area contributed by atoms with Gasteiger partial charge in [0.15, 0.2) is 0 Å². The Morgan fingerprint density at radius 2 is 2.21 bits per heavy atom. The summed E-state index contributed by atoms with van der Waals surface area (Å²) in [5.74, 6) is -0.726. The third kappa shape index (κ3) is 2.82. The minimum absolute atomic E-state index is 0.0195. The Bertz CT molecular complexity index is 560. The maximum Gasteiger partial charge on any atom is 0.352 e. The van der Waals surface area contributed by atoms with Gasteiger partial charge in [0, 0.05) is 19.3 Å². The van der Waals surface area contributed by atoms with E-state index in [9.17, 15) is 13.2 Å². The molecule has 1 aromatic heterocycles. The Balaban J connectivity index is 2.20. The molecule has 0 aromatic carbocycles. The van der Waals surface area contributed by atoms with Crippen molar-refractivity contribution in [1.29, 1.82) is 0 Å². The van der Waals surface area contributed by atoms with E-state index in [0.29, 0.717) is 19.0 Å². The Kier molecular flexibility index (Phi) is 3.96. The molecule has 7 heteroatoms. The Morgan fingerprint density at radius 3 is 2.63 bits per heavy atom. The molecule has 2 N–H and O–H groups in total. The average Bonchev–Trinajstić information content (AvgIpc) is 2.77. The van der Waals surface area contributed by atoms with Gasteiger partial charge in [-0.1, -0.05) is 13.3 Å². The molecule has 6 nitrogen and oxygen atoms in total. The van der Waals surface area contributed by atoms with Crippen LogP contribution >= 0.6 is 0 Å². The van der Waals surface area contributed by atoms with E-state index in [-0.39, 0.29) is 10.6 Å². The van der Waals surface area contributed by atoms with Gasteiger partial charge in [0.1, 0.15) is 10.6 Å². The van der Waals surface area contributed by atoms with Gasteiger partial charge in [0.2, 0.25) is 10.0 Å². The van der Waals surface area contributed by atoms with Crippen molar-refractivity contribution in [2.45, 2.75) is 31.1 Å². The molecule has 19 heavy (non-hydrogen) atoms. The van der Waals surface area contributed by atoms with Crippen molar-refractivity contribution in [3.63, 3.8) is 0 Å². The van der Waals surface area contributed by atoms with E-state index in [1.54, 1.807) is 6.92 Å². The van der Waals surface area contributed by atoms with Crippen molar-refractivity contribution in [1.82, 2.24) is 9.29 Å². The van der Waals surface area contributed by atoms with Gasteiger partial charge in [0.05, 0.1) is 0 Å². The molecule has 0 spiro atoms. The number of nitrogens with zero attached hydrogens (tertiary/aromatic N) is 1. The lowest BCUT2D eigenvalue weighted by atomic mass is 9.85. The Hall–Kier alpha value is -1.34. The fraction of sp³-hybridized carbons (Fsp3) is 0.583. The van der Waals surface area contributed by atoms with E-state index in [0.717, 1.165) is 19.3 Å². The summed E-state index contributed by atoms with van der Waals surface area (Å²) in [4.78, 5) is 13.3. The second kappa shape index (κ2) is 5.34. The number of aromatic amines is 1. The number of aromatic nitrogens is 1. The van der Waals surface area contributed by atoms with E-state index in [4.69, 9.17) is 5.11 Å². The highest BCUT2D eigenvalue weighted by molar-refractivity contribution is 7.89. The van der Waals surface area contributed by atoms with Gasteiger partial charge >= 0.3 is 5.97 Å². The zero-order valence-corrected chi connectivity index (χ0v) is 11.6. The van der Waals surface area contributed by atoms with Crippen LogP contribution in [0.5, 0.6) is 0 Å². The first-order valence-corrected chi connectivity index (χ1v) is 7.81. The van der Waals surface area contributed by atoms with E-state index >= 15 is 0 Å². The first-order valence-electron chi connectivity index (χ1n) is 6.37. The summed E-state index contributed by atoms with van der Waals surface area (Å²) in [6.07, 6.45) is 4.54. The van der Waals surface area contributed by atoms with Crippen molar-refractivity contribution in [2.75, 3.05) is 13.1 Å². The van der Waals surface area contributed by atoms with E-state index < -0.39 is 16.0 Å². The summed E-state index contributed by atoms with van der Waals surface area (Å²) in [6, 6.07) is 1.17. The molecule has 0 saturated heterocycles. The van der Waals surface area contributed by atoms with Gasteiger partial charge in [0.25, 0.3) is 0 Å². The van der Waals surface area contributed by atoms with E-state index in [2.05, 4.69) is 4.98 Å². The third-order valence-corrected chi connectivity index (χ3v) is 5.48. The van der Waals surface area contributed by atoms with Crippen molar-refractivity contribution in [3.05, 3.63) is 18.0 Å². The molecule has 0 amide bonds. The smallest absolute Gasteiger partial charge is 0.352 e. The number of carboxylic acid groups (broad SMARTS) is 1. The monoisotopic (exact) mass is 286 g/mol. The molecule has 1 aliphatic rings. The van der Waals surface area contributed by atoms with Crippen molar-refractivity contribution in [3.8, 4) is 0 Å². The van der Waals surface area contributed by atoms with Crippen LogP contribution in [0.3, 0.4) is 0 Å². The summed E-state index contributed by atoms with van der Waals surface area (Å²) in [6.45, 7) is 2.71. The second-order valence-corrected chi connectivity index (χ2v) is 6.74. The number of carbonyl (C=O) groups is 1. The molecule has 0 unspecified atom stereocenters. The number of carboxylic acids is 1. The van der Waals surface area contributed by atoms with Crippen LogP contribution in [0.1, 0.15) is 36.7 Å². The molecule has 1 fully saturated rings. The second-order valence-electron chi connectivity index (χ2n) is 4.81. The van der Waals surface area contributed by atoms with Gasteiger partial charge in [-0.3, -0.25) is 0 Å². The summed E-state index contributed by atoms with van der Waals surface area (Å²) in [5.41, 5.74) is -0.113. The quantitative estimate of drug-likeness (QED) is 0.829. The number of H-pyrrole nitrogens is 1. The van der Waals surface area contributed by atoms with Crippen molar-refractivity contribution >= 4 is 16.0 Å². The number of hydrogen-bond donors (Lipinski definition) is 2. The predicted octanol–water partition coefficient (Wildman–Crippen LogP) is 1.52. The molecule has 1 aliphatic carbocycles. The number of aromatic carboxylic acids is 1. The normalized spacial score (nSPS) is 16.5. The van der Waals surface area contributed by atoms with Gasteiger partial charge < -0.3 is 10.1 Å². The molecule has 1 heterocycles. The third-order valence-electron chi connectivity index (χ3n) is 3.56. The fourth-order valence-corrected chi connectivity index (χ4v) is 3.68. The highest BCUT2D eigenvalue weighted by Crippen LogP contribution is 2.29. The molecule has 0 atom stereocenters. The van der Waals surface area contributed by atoms with E-state index in [1.165, 1.54) is 16.6 Å². The molecule has 106 valence electrons. The van der Waals surface area contributed by atoms with Crippen molar-refractivity contribution in [2.24, 2.45) is 5.92 Å². The maximum atomic E-state index is 12.4. The molecular weight excluding hydrogens is 268 g/mol. The van der Waals surface area contributed by atoms with Crippen LogP contribution in [0.25, 0.3) is 0 Å². The van der Waals surface area contributed by atoms with Crippen LogP contribution in [-0.2, 0) is 10.0 Å². The predicted molar refractivity (Wildman–Crippen MR) is 69.5 cm³/mol. The van der Waals surface area contributed by atoms with Crippen LogP contribution in [-0.4, -0.2) is 41.9 Å². The van der Waals surface area contributed by atoms with Crippen LogP contribution in [0.4, 0.5) is 0 Å². The highest BCUT2D eigenvalue weighted by Gasteiger charge is 2.29. The van der Waals surface area contributed by atoms with E-state index in [1.807, 2.05) is 0 Å². The molecule has 0 aliphatic heterocycles. The van der Waals surface area contributed by atoms with Gasteiger partial charge in [-0.15, -0.1) is 0 Å². The van der Waals surface area contributed by atoms with Gasteiger partial charge in [-0.2, -0.15) is 4.31 Å². The lowest BCUT2D eigenvalue weighted by Gasteiger charge is -2.30. The highest BCUT2D eigenvalue weighted by atomic mass is 32.2. The summed E-state index contributed by atoms with van der Waals surface area (Å²) in [7, 11) is -3.60. The first kappa shape index (κ1) is 14.1. The summed E-state index contributed by atoms with van der Waals surface area (Å²) < 4.78 is 26.2.